The van der Waals surface area contributed by atoms with Crippen LogP contribution in [0.25, 0.3) is 0 Å². The van der Waals surface area contributed by atoms with E-state index in [9.17, 15) is 18.4 Å². The molecule has 122 valence electrons. The minimum atomic E-state index is -2.57. The Kier molecular flexibility index (Phi) is 6.16. The number of alkyl halides is 2. The van der Waals surface area contributed by atoms with Gasteiger partial charge < -0.3 is 15.1 Å². The van der Waals surface area contributed by atoms with Crippen LogP contribution in [0.15, 0.2) is 52.0 Å². The molecule has 0 aliphatic carbocycles. The summed E-state index contributed by atoms with van der Waals surface area (Å²) in [6.45, 7) is 0.107. The molecule has 0 saturated heterocycles. The van der Waals surface area contributed by atoms with Crippen molar-refractivity contribution in [3.8, 4) is 0 Å². The van der Waals surface area contributed by atoms with Crippen molar-refractivity contribution in [2.24, 2.45) is 0 Å². The van der Waals surface area contributed by atoms with Crippen LogP contribution in [0.5, 0.6) is 0 Å². The molecule has 1 aromatic carbocycles. The summed E-state index contributed by atoms with van der Waals surface area (Å²) >= 11 is 0.364. The monoisotopic (exact) mass is 340 g/mol. The summed E-state index contributed by atoms with van der Waals surface area (Å²) in [5, 5.41) is 5.09. The lowest BCUT2D eigenvalue weighted by Gasteiger charge is -2.10. The van der Waals surface area contributed by atoms with Crippen LogP contribution < -0.4 is 10.6 Å². The van der Waals surface area contributed by atoms with Crippen molar-refractivity contribution >= 4 is 29.3 Å². The van der Waals surface area contributed by atoms with Gasteiger partial charge in [0.15, 0.2) is 5.76 Å². The number of benzene rings is 1. The molecule has 2 rings (SSSR count). The summed E-state index contributed by atoms with van der Waals surface area (Å²) in [6, 6.07) is 9.40. The fraction of sp³-hybridized carbons (Fsp3) is 0.200. The number of rotatable bonds is 7. The molecule has 0 aliphatic rings. The van der Waals surface area contributed by atoms with Crippen molar-refractivity contribution < 1.29 is 22.8 Å². The first-order valence-electron chi connectivity index (χ1n) is 6.71. The van der Waals surface area contributed by atoms with Crippen LogP contribution in [-0.2, 0) is 4.79 Å². The van der Waals surface area contributed by atoms with Crippen LogP contribution in [-0.4, -0.2) is 24.1 Å². The van der Waals surface area contributed by atoms with Gasteiger partial charge in [0, 0.05) is 17.9 Å². The number of nitrogens with one attached hydrogen (secondary N) is 2. The zero-order chi connectivity index (χ0) is 16.7. The predicted octanol–water partition coefficient (Wildman–Crippen LogP) is 3.35. The molecule has 0 saturated carbocycles. The quantitative estimate of drug-likeness (QED) is 0.758. The van der Waals surface area contributed by atoms with E-state index in [1.807, 2.05) is 0 Å². The molecule has 0 fully saturated rings. The van der Waals surface area contributed by atoms with Crippen molar-refractivity contribution in [3.63, 3.8) is 0 Å². The standard InChI is InChI=1S/C15H14F2N2O3S/c16-15(17)23-12-6-2-1-4-10(12)19-13(20)7-8-18-14(21)11-5-3-9-22-11/h1-6,9,15H,7-8H2,(H,18,21)(H,19,20). The predicted molar refractivity (Wildman–Crippen MR) is 82.6 cm³/mol. The average molecular weight is 340 g/mol. The zero-order valence-corrected chi connectivity index (χ0v) is 12.7. The van der Waals surface area contributed by atoms with E-state index in [1.54, 1.807) is 24.3 Å². The van der Waals surface area contributed by atoms with E-state index >= 15 is 0 Å². The molecule has 0 bridgehead atoms. The van der Waals surface area contributed by atoms with E-state index in [0.717, 1.165) is 0 Å². The van der Waals surface area contributed by atoms with Gasteiger partial charge >= 0.3 is 0 Å². The third-order valence-electron chi connectivity index (χ3n) is 2.76. The van der Waals surface area contributed by atoms with Gasteiger partial charge in [-0.05, 0) is 24.3 Å². The average Bonchev–Trinajstić information content (AvgIpc) is 3.03. The highest BCUT2D eigenvalue weighted by molar-refractivity contribution is 7.99. The van der Waals surface area contributed by atoms with Crippen molar-refractivity contribution in [2.45, 2.75) is 17.1 Å². The fourth-order valence-corrected chi connectivity index (χ4v) is 2.36. The van der Waals surface area contributed by atoms with Gasteiger partial charge in [0.25, 0.3) is 11.7 Å². The normalized spacial score (nSPS) is 10.6. The number of para-hydroxylation sites is 1. The molecule has 0 atom stereocenters. The smallest absolute Gasteiger partial charge is 0.288 e. The van der Waals surface area contributed by atoms with E-state index in [2.05, 4.69) is 10.6 Å². The highest BCUT2D eigenvalue weighted by Crippen LogP contribution is 2.31. The van der Waals surface area contributed by atoms with Gasteiger partial charge in [-0.2, -0.15) is 8.78 Å². The van der Waals surface area contributed by atoms with Gasteiger partial charge in [-0.3, -0.25) is 9.59 Å². The summed E-state index contributed by atoms with van der Waals surface area (Å²) in [5.41, 5.74) is 0.320. The van der Waals surface area contributed by atoms with Crippen molar-refractivity contribution in [2.75, 3.05) is 11.9 Å². The fourth-order valence-electron chi connectivity index (χ4n) is 1.77. The summed E-state index contributed by atoms with van der Waals surface area (Å²) < 4.78 is 29.8. The van der Waals surface area contributed by atoms with Crippen LogP contribution in [0.3, 0.4) is 0 Å². The molecular formula is C15H14F2N2O3S. The van der Waals surface area contributed by atoms with Gasteiger partial charge in [-0.1, -0.05) is 23.9 Å². The molecule has 2 amide bonds. The van der Waals surface area contributed by atoms with Crippen LogP contribution in [0, 0.1) is 0 Å². The third kappa shape index (κ3) is 5.41. The molecule has 5 nitrogen and oxygen atoms in total. The highest BCUT2D eigenvalue weighted by atomic mass is 32.2. The highest BCUT2D eigenvalue weighted by Gasteiger charge is 2.12. The molecule has 1 heterocycles. The lowest BCUT2D eigenvalue weighted by Crippen LogP contribution is -2.27. The zero-order valence-electron chi connectivity index (χ0n) is 11.9. The van der Waals surface area contributed by atoms with Crippen molar-refractivity contribution in [1.29, 1.82) is 0 Å². The molecule has 0 spiro atoms. The Morgan fingerprint density at radius 3 is 2.65 bits per heavy atom. The number of amides is 2. The number of carbonyl (C=O) groups is 2. The molecule has 2 N–H and O–H groups in total. The lowest BCUT2D eigenvalue weighted by atomic mass is 10.3. The Bertz CT molecular complexity index is 663. The second-order valence-corrected chi connectivity index (χ2v) is 5.44. The number of anilines is 1. The Morgan fingerprint density at radius 1 is 1.17 bits per heavy atom. The van der Waals surface area contributed by atoms with Gasteiger partial charge in [0.1, 0.15) is 0 Å². The number of halogens is 2. The molecule has 0 radical (unpaired) electrons. The van der Waals surface area contributed by atoms with Crippen molar-refractivity contribution in [1.82, 2.24) is 5.32 Å². The summed E-state index contributed by atoms with van der Waals surface area (Å²) in [4.78, 5) is 23.7. The van der Waals surface area contributed by atoms with E-state index < -0.39 is 11.7 Å². The number of thioether (sulfide) groups is 1. The first kappa shape index (κ1) is 17.0. The van der Waals surface area contributed by atoms with Crippen LogP contribution >= 0.6 is 11.8 Å². The number of carbonyl (C=O) groups excluding carboxylic acids is 2. The maximum atomic E-state index is 12.5. The van der Waals surface area contributed by atoms with Gasteiger partial charge in [0.05, 0.1) is 12.0 Å². The van der Waals surface area contributed by atoms with Gasteiger partial charge in [-0.15, -0.1) is 0 Å². The maximum absolute atomic E-state index is 12.5. The molecule has 0 aliphatic heterocycles. The van der Waals surface area contributed by atoms with E-state index in [-0.39, 0.29) is 29.5 Å². The molecule has 2 aromatic rings. The SMILES string of the molecule is O=C(CCNC(=O)c1ccco1)Nc1ccccc1SC(F)F. The van der Waals surface area contributed by atoms with E-state index in [0.29, 0.717) is 17.4 Å². The second kappa shape index (κ2) is 8.33. The lowest BCUT2D eigenvalue weighted by molar-refractivity contribution is -0.116. The Morgan fingerprint density at radius 2 is 1.96 bits per heavy atom. The topological polar surface area (TPSA) is 71.3 Å². The largest absolute Gasteiger partial charge is 0.459 e. The van der Waals surface area contributed by atoms with Gasteiger partial charge in [0.2, 0.25) is 5.91 Å². The minimum absolute atomic E-state index is 0.0140. The molecule has 1 aromatic heterocycles. The Balaban J connectivity index is 1.82. The first-order valence-corrected chi connectivity index (χ1v) is 7.59. The summed E-state index contributed by atoms with van der Waals surface area (Å²) in [6.07, 6.45) is 1.39. The minimum Gasteiger partial charge on any atom is -0.459 e. The van der Waals surface area contributed by atoms with Gasteiger partial charge in [-0.25, -0.2) is 0 Å². The third-order valence-corrected chi connectivity index (χ3v) is 3.55. The number of hydrogen-bond donors (Lipinski definition) is 2. The Labute approximate surface area is 135 Å². The number of hydrogen-bond acceptors (Lipinski definition) is 4. The van der Waals surface area contributed by atoms with E-state index in [4.69, 9.17) is 4.42 Å². The molecule has 23 heavy (non-hydrogen) atoms. The Hall–Kier alpha value is -2.35. The summed E-state index contributed by atoms with van der Waals surface area (Å²) in [7, 11) is 0. The first-order chi connectivity index (χ1) is 11.1. The van der Waals surface area contributed by atoms with Crippen LogP contribution in [0.2, 0.25) is 0 Å². The molecule has 8 heteroatoms. The van der Waals surface area contributed by atoms with Crippen molar-refractivity contribution in [3.05, 3.63) is 48.4 Å². The van der Waals surface area contributed by atoms with Crippen LogP contribution in [0.4, 0.5) is 14.5 Å². The maximum Gasteiger partial charge on any atom is 0.288 e. The molecule has 0 unspecified atom stereocenters. The van der Waals surface area contributed by atoms with Crippen LogP contribution in [0.1, 0.15) is 17.0 Å². The summed E-state index contributed by atoms with van der Waals surface area (Å²) in [5.74, 6) is -3.21. The number of furan rings is 1. The molecular weight excluding hydrogens is 326 g/mol. The van der Waals surface area contributed by atoms with E-state index in [1.165, 1.54) is 18.4 Å². The second-order valence-electron chi connectivity index (χ2n) is 4.41.